The van der Waals surface area contributed by atoms with Crippen molar-refractivity contribution in [3.63, 3.8) is 0 Å². The number of anilines is 4. The molecule has 10 nitrogen and oxygen atoms in total. The minimum Gasteiger partial charge on any atom is -0.365 e. The number of amides is 2. The zero-order valence-electron chi connectivity index (χ0n) is 19.3. The summed E-state index contributed by atoms with van der Waals surface area (Å²) in [6.07, 6.45) is 7.97. The van der Waals surface area contributed by atoms with Crippen LogP contribution in [-0.4, -0.2) is 49.6 Å². The Morgan fingerprint density at radius 2 is 1.85 bits per heavy atom. The summed E-state index contributed by atoms with van der Waals surface area (Å²) in [6, 6.07) is 6.12. The van der Waals surface area contributed by atoms with Crippen molar-refractivity contribution in [2.24, 2.45) is 5.73 Å². The molecule has 1 fully saturated rings. The van der Waals surface area contributed by atoms with E-state index in [-0.39, 0.29) is 17.5 Å². The SMILES string of the molecule is C=CC(=O)N1CCC(n2cc(Nc3ncc(C(N)=O)c(Nc4c(C)cccc4C)n3)cn2)CC1. The predicted molar refractivity (Wildman–Crippen MR) is 130 cm³/mol. The number of carbonyl (C=O) groups excluding carboxylic acids is 2. The molecule has 1 aliphatic rings. The molecule has 3 aromatic rings. The van der Waals surface area contributed by atoms with Crippen LogP contribution in [0.3, 0.4) is 0 Å². The second-order valence-corrected chi connectivity index (χ2v) is 8.31. The molecule has 1 saturated heterocycles. The fraction of sp³-hybridized carbons (Fsp3) is 0.292. The molecule has 34 heavy (non-hydrogen) atoms. The molecule has 0 radical (unpaired) electrons. The third-order valence-electron chi connectivity index (χ3n) is 5.96. The van der Waals surface area contributed by atoms with Gasteiger partial charge in [-0.2, -0.15) is 10.1 Å². The van der Waals surface area contributed by atoms with E-state index in [0.717, 1.165) is 35.3 Å². The number of nitrogens with one attached hydrogen (secondary N) is 2. The van der Waals surface area contributed by atoms with E-state index < -0.39 is 5.91 Å². The first-order valence-corrected chi connectivity index (χ1v) is 11.1. The van der Waals surface area contributed by atoms with Crippen LogP contribution in [0, 0.1) is 13.8 Å². The topological polar surface area (TPSA) is 131 Å². The van der Waals surface area contributed by atoms with E-state index >= 15 is 0 Å². The van der Waals surface area contributed by atoms with Gasteiger partial charge in [0, 0.05) is 31.2 Å². The van der Waals surface area contributed by atoms with Crippen LogP contribution in [0.4, 0.5) is 23.1 Å². The molecule has 0 aliphatic carbocycles. The number of benzene rings is 1. The summed E-state index contributed by atoms with van der Waals surface area (Å²) in [6.45, 7) is 8.85. The van der Waals surface area contributed by atoms with Crippen LogP contribution in [0.15, 0.2) is 49.4 Å². The van der Waals surface area contributed by atoms with Crippen LogP contribution >= 0.6 is 0 Å². The molecular formula is C24H28N8O2. The number of carbonyl (C=O) groups is 2. The van der Waals surface area contributed by atoms with Crippen molar-refractivity contribution in [2.45, 2.75) is 32.7 Å². The largest absolute Gasteiger partial charge is 0.365 e. The lowest BCUT2D eigenvalue weighted by molar-refractivity contribution is -0.127. The first-order valence-electron chi connectivity index (χ1n) is 11.1. The highest BCUT2D eigenvalue weighted by molar-refractivity contribution is 5.98. The van der Waals surface area contributed by atoms with Gasteiger partial charge < -0.3 is 21.3 Å². The van der Waals surface area contributed by atoms with Crippen LogP contribution in [0.5, 0.6) is 0 Å². The fourth-order valence-electron chi connectivity index (χ4n) is 4.06. The summed E-state index contributed by atoms with van der Waals surface area (Å²) in [5, 5.41) is 10.9. The molecule has 3 heterocycles. The lowest BCUT2D eigenvalue weighted by Crippen LogP contribution is -2.38. The van der Waals surface area contributed by atoms with Crippen LogP contribution in [0.1, 0.15) is 40.4 Å². The minimum absolute atomic E-state index is 0.0388. The number of para-hydroxylation sites is 1. The number of likely N-dealkylation sites (tertiary alicyclic amines) is 1. The number of nitrogens with two attached hydrogens (primary N) is 1. The summed E-state index contributed by atoms with van der Waals surface area (Å²) < 4.78 is 1.89. The third-order valence-corrected chi connectivity index (χ3v) is 5.96. The summed E-state index contributed by atoms with van der Waals surface area (Å²) in [4.78, 5) is 34.3. The number of hydrogen-bond acceptors (Lipinski definition) is 7. The Kier molecular flexibility index (Phi) is 6.58. The van der Waals surface area contributed by atoms with E-state index in [0.29, 0.717) is 24.9 Å². The number of aromatic nitrogens is 4. The maximum Gasteiger partial charge on any atom is 0.254 e. The van der Waals surface area contributed by atoms with Gasteiger partial charge in [0.25, 0.3) is 5.91 Å². The molecule has 0 spiro atoms. The Hall–Kier alpha value is -4.21. The van der Waals surface area contributed by atoms with Crippen molar-refractivity contribution in [2.75, 3.05) is 23.7 Å². The summed E-state index contributed by atoms with van der Waals surface area (Å²) in [7, 11) is 0. The zero-order valence-corrected chi connectivity index (χ0v) is 19.3. The molecule has 0 unspecified atom stereocenters. The van der Waals surface area contributed by atoms with Crippen molar-refractivity contribution in [1.29, 1.82) is 0 Å². The van der Waals surface area contributed by atoms with Crippen LogP contribution in [0.25, 0.3) is 0 Å². The highest BCUT2D eigenvalue weighted by Crippen LogP contribution is 2.27. The maximum atomic E-state index is 12.0. The van der Waals surface area contributed by atoms with Gasteiger partial charge in [-0.05, 0) is 43.9 Å². The summed E-state index contributed by atoms with van der Waals surface area (Å²) in [5.41, 5.74) is 9.37. The van der Waals surface area contributed by atoms with E-state index in [2.05, 4.69) is 32.3 Å². The van der Waals surface area contributed by atoms with E-state index in [9.17, 15) is 9.59 Å². The third kappa shape index (κ3) is 4.90. The smallest absolute Gasteiger partial charge is 0.254 e. The Balaban J connectivity index is 1.50. The van der Waals surface area contributed by atoms with E-state index in [1.54, 1.807) is 11.1 Å². The summed E-state index contributed by atoms with van der Waals surface area (Å²) in [5.74, 6) is -0.0174. The number of primary amides is 1. The van der Waals surface area contributed by atoms with Gasteiger partial charge in [-0.1, -0.05) is 24.8 Å². The Bertz CT molecular complexity index is 1210. The van der Waals surface area contributed by atoms with Crippen molar-refractivity contribution < 1.29 is 9.59 Å². The average molecular weight is 461 g/mol. The highest BCUT2D eigenvalue weighted by Gasteiger charge is 2.23. The number of nitrogens with zero attached hydrogens (tertiary/aromatic N) is 5. The quantitative estimate of drug-likeness (QED) is 0.461. The van der Waals surface area contributed by atoms with Crippen molar-refractivity contribution >= 4 is 35.0 Å². The fourth-order valence-corrected chi connectivity index (χ4v) is 4.06. The van der Waals surface area contributed by atoms with Crippen LogP contribution in [-0.2, 0) is 4.79 Å². The summed E-state index contributed by atoms with van der Waals surface area (Å²) >= 11 is 0. The maximum absolute atomic E-state index is 12.0. The molecule has 0 atom stereocenters. The normalized spacial score (nSPS) is 14.0. The van der Waals surface area contributed by atoms with Crippen LogP contribution in [0.2, 0.25) is 0 Å². The molecule has 1 aliphatic heterocycles. The molecule has 10 heteroatoms. The zero-order chi connectivity index (χ0) is 24.2. The number of piperidine rings is 1. The van der Waals surface area contributed by atoms with E-state index in [1.165, 1.54) is 12.3 Å². The monoisotopic (exact) mass is 460 g/mol. The first kappa shape index (κ1) is 23.0. The Morgan fingerprint density at radius 3 is 2.50 bits per heavy atom. The van der Waals surface area contributed by atoms with Gasteiger partial charge in [-0.15, -0.1) is 0 Å². The number of aryl methyl sites for hydroxylation is 2. The molecular weight excluding hydrogens is 432 g/mol. The van der Waals surface area contributed by atoms with Gasteiger partial charge in [-0.3, -0.25) is 14.3 Å². The highest BCUT2D eigenvalue weighted by atomic mass is 16.2. The van der Waals surface area contributed by atoms with Gasteiger partial charge >= 0.3 is 0 Å². The molecule has 2 amide bonds. The predicted octanol–water partition coefficient (Wildman–Crippen LogP) is 3.23. The van der Waals surface area contributed by atoms with Crippen molar-refractivity contribution in [3.8, 4) is 0 Å². The van der Waals surface area contributed by atoms with Gasteiger partial charge in [0.2, 0.25) is 11.9 Å². The molecule has 2 aromatic heterocycles. The molecule has 176 valence electrons. The van der Waals surface area contributed by atoms with Crippen LogP contribution < -0.4 is 16.4 Å². The van der Waals surface area contributed by atoms with E-state index in [1.807, 2.05) is 42.9 Å². The molecule has 4 rings (SSSR count). The van der Waals surface area contributed by atoms with Crippen molar-refractivity contribution in [1.82, 2.24) is 24.6 Å². The van der Waals surface area contributed by atoms with Crippen molar-refractivity contribution in [3.05, 3.63) is 66.1 Å². The second-order valence-electron chi connectivity index (χ2n) is 8.31. The van der Waals surface area contributed by atoms with Gasteiger partial charge in [0.05, 0.1) is 17.9 Å². The van der Waals surface area contributed by atoms with Gasteiger partial charge in [0.15, 0.2) is 0 Å². The van der Waals surface area contributed by atoms with E-state index in [4.69, 9.17) is 5.73 Å². The second kappa shape index (κ2) is 9.74. The Morgan fingerprint density at radius 1 is 1.15 bits per heavy atom. The Labute approximate surface area is 197 Å². The number of hydrogen-bond donors (Lipinski definition) is 3. The first-order chi connectivity index (χ1) is 16.4. The average Bonchev–Trinajstić information content (AvgIpc) is 3.29. The van der Waals surface area contributed by atoms with Gasteiger partial charge in [0.1, 0.15) is 11.4 Å². The lowest BCUT2D eigenvalue weighted by Gasteiger charge is -2.31. The molecule has 1 aromatic carbocycles. The van der Waals surface area contributed by atoms with Gasteiger partial charge in [-0.25, -0.2) is 4.98 Å². The molecule has 4 N–H and O–H groups in total. The minimum atomic E-state index is -0.616. The molecule has 0 saturated carbocycles. The standard InChI is InChI=1S/C24H28N8O2/c1-4-20(33)31-10-8-18(9-11-31)32-14-17(12-27-32)28-24-26-13-19(22(25)34)23(30-24)29-21-15(2)6-5-7-16(21)3/h4-7,12-14,18H,1,8-11H2,2-3H3,(H2,25,34)(H2,26,28,29,30). The number of rotatable bonds is 7. The molecule has 0 bridgehead atoms. The lowest BCUT2D eigenvalue weighted by atomic mass is 10.1.